The Hall–Kier alpha value is 1.65. The molecule has 0 aromatic carbocycles. The molecule has 0 spiro atoms. The van der Waals surface area contributed by atoms with Crippen LogP contribution >= 0.6 is 0 Å². The maximum Gasteiger partial charge on any atom is 0 e. The largest absolute Gasteiger partial charge is 0.412 e. The van der Waals surface area contributed by atoms with Gasteiger partial charge in [0.05, 0.1) is 0 Å². The van der Waals surface area contributed by atoms with Gasteiger partial charge in [0, 0.05) is 52.4 Å². The molecule has 0 saturated carbocycles. The Morgan fingerprint density at radius 3 is 0.400 bits per heavy atom. The van der Waals surface area contributed by atoms with E-state index in [1.807, 2.05) is 0 Å². The van der Waals surface area contributed by atoms with Crippen LogP contribution in [-0.2, 0) is 0 Å². The topological polar surface area (TPSA) is 94.5 Å². The second-order valence-corrected chi connectivity index (χ2v) is 0. The molecule has 0 heterocycles. The molecule has 5 heavy (non-hydrogen) atoms. The van der Waals surface area contributed by atoms with Crippen molar-refractivity contribution in [3.05, 3.63) is 0 Å². The summed E-state index contributed by atoms with van der Waals surface area (Å²) < 4.78 is 0. The van der Waals surface area contributed by atoms with Crippen molar-refractivity contribution in [3.8, 4) is 0 Å². The summed E-state index contributed by atoms with van der Waals surface area (Å²) in [6.07, 6.45) is 0. The van der Waals surface area contributed by atoms with Gasteiger partial charge in [0.2, 0.25) is 0 Å². The van der Waals surface area contributed by atoms with Crippen LogP contribution in [0, 0.1) is 0 Å². The van der Waals surface area contributed by atoms with E-state index in [2.05, 4.69) is 0 Å². The minimum Gasteiger partial charge on any atom is -0.412 e. The molecular weight excluding hydrogens is 466 g/mol. The van der Waals surface area contributed by atoms with Gasteiger partial charge in [0.15, 0.2) is 0 Å². The van der Waals surface area contributed by atoms with Gasteiger partial charge in [-0.15, -0.1) is 0 Å². The van der Waals surface area contributed by atoms with Crippen molar-refractivity contribution in [1.29, 1.82) is 0 Å². The third-order valence-corrected chi connectivity index (χ3v) is 0. The van der Waals surface area contributed by atoms with Gasteiger partial charge in [-0.3, -0.25) is 0 Å². The fraction of sp³-hybridized carbons (Fsp3) is 0. The number of rotatable bonds is 0. The van der Waals surface area contributed by atoms with E-state index >= 15 is 0 Å². The summed E-state index contributed by atoms with van der Waals surface area (Å²) in [5.41, 5.74) is 0. The van der Waals surface area contributed by atoms with E-state index in [1.54, 1.807) is 0 Å². The SMILES string of the molecule is O.O.O.[Bi].[Bi]. The number of hydrogen-bond donors (Lipinski definition) is 0. The maximum atomic E-state index is 0. The van der Waals surface area contributed by atoms with Crippen LogP contribution in [0.25, 0.3) is 0 Å². The first-order valence-electron chi connectivity index (χ1n) is 0. The van der Waals surface area contributed by atoms with E-state index in [4.69, 9.17) is 0 Å². The average molecular weight is 472 g/mol. The summed E-state index contributed by atoms with van der Waals surface area (Å²) in [5, 5.41) is 0. The fourth-order valence-electron chi connectivity index (χ4n) is 0. The molecule has 34 valence electrons. The van der Waals surface area contributed by atoms with Gasteiger partial charge in [-0.2, -0.15) is 0 Å². The Morgan fingerprint density at radius 1 is 0.400 bits per heavy atom. The third-order valence-electron chi connectivity index (χ3n) is 0. The van der Waals surface area contributed by atoms with E-state index in [-0.39, 0.29) is 68.8 Å². The quantitative estimate of drug-likeness (QED) is 0.332. The predicted octanol–water partition coefficient (Wildman–Crippen LogP) is -3.24. The first-order valence-corrected chi connectivity index (χ1v) is 0. The van der Waals surface area contributed by atoms with E-state index in [0.29, 0.717) is 0 Å². The van der Waals surface area contributed by atoms with E-state index < -0.39 is 0 Å². The van der Waals surface area contributed by atoms with Crippen molar-refractivity contribution in [2.45, 2.75) is 0 Å². The molecule has 3 nitrogen and oxygen atoms in total. The van der Waals surface area contributed by atoms with Gasteiger partial charge >= 0.3 is 0 Å². The monoisotopic (exact) mass is 472 g/mol. The van der Waals surface area contributed by atoms with Gasteiger partial charge in [-0.1, -0.05) is 0 Å². The maximum absolute atomic E-state index is 0. The summed E-state index contributed by atoms with van der Waals surface area (Å²) in [6, 6.07) is 0. The van der Waals surface area contributed by atoms with Crippen LogP contribution in [0.5, 0.6) is 0 Å². The van der Waals surface area contributed by atoms with Crippen LogP contribution in [0.2, 0.25) is 0 Å². The van der Waals surface area contributed by atoms with Gasteiger partial charge in [-0.25, -0.2) is 0 Å². The van der Waals surface area contributed by atoms with E-state index in [9.17, 15) is 0 Å². The molecular formula is H6Bi2O3. The third kappa shape index (κ3) is 27.7. The van der Waals surface area contributed by atoms with Gasteiger partial charge < -0.3 is 16.4 Å². The molecule has 0 aliphatic carbocycles. The van der Waals surface area contributed by atoms with Crippen molar-refractivity contribution < 1.29 is 16.4 Å². The molecule has 6 radical (unpaired) electrons. The Morgan fingerprint density at radius 2 is 0.400 bits per heavy atom. The summed E-state index contributed by atoms with van der Waals surface area (Å²) in [7, 11) is 0. The molecule has 0 bridgehead atoms. The fourth-order valence-corrected chi connectivity index (χ4v) is 0. The number of hydrogen-bond acceptors (Lipinski definition) is 0. The molecule has 0 aromatic rings. The van der Waals surface area contributed by atoms with Crippen LogP contribution in [0.4, 0.5) is 0 Å². The molecule has 6 N–H and O–H groups in total. The Labute approximate surface area is 68.3 Å². The molecule has 0 aliphatic heterocycles. The summed E-state index contributed by atoms with van der Waals surface area (Å²) in [4.78, 5) is 0. The first kappa shape index (κ1) is 78.2. The zero-order valence-electron chi connectivity index (χ0n) is 2.39. The van der Waals surface area contributed by atoms with E-state index in [0.717, 1.165) is 0 Å². The minimum atomic E-state index is 0. The van der Waals surface area contributed by atoms with Gasteiger partial charge in [0.25, 0.3) is 0 Å². The van der Waals surface area contributed by atoms with Crippen LogP contribution in [-0.4, -0.2) is 68.8 Å². The second kappa shape index (κ2) is 45.0. The van der Waals surface area contributed by atoms with Crippen molar-refractivity contribution in [2.24, 2.45) is 0 Å². The van der Waals surface area contributed by atoms with Crippen LogP contribution in [0.3, 0.4) is 0 Å². The molecule has 0 saturated heterocycles. The predicted molar refractivity (Wildman–Crippen MR) is 22.3 cm³/mol. The standard InChI is InChI=1S/2Bi.3H2O/h;;3*1H2. The van der Waals surface area contributed by atoms with Gasteiger partial charge in [-0.05, 0) is 0 Å². The second-order valence-electron chi connectivity index (χ2n) is 0. The normalized spacial score (nSPS) is 0. The molecule has 5 heteroatoms. The van der Waals surface area contributed by atoms with Crippen LogP contribution in [0.15, 0.2) is 0 Å². The minimum absolute atomic E-state index is 0. The van der Waals surface area contributed by atoms with Crippen molar-refractivity contribution in [3.63, 3.8) is 0 Å². The zero-order chi connectivity index (χ0) is 0. The molecule has 0 aliphatic rings. The summed E-state index contributed by atoms with van der Waals surface area (Å²) >= 11 is 0. The van der Waals surface area contributed by atoms with Crippen molar-refractivity contribution >= 4 is 52.4 Å². The Kier molecular flexibility index (Phi) is 703. The van der Waals surface area contributed by atoms with Gasteiger partial charge in [0.1, 0.15) is 0 Å². The Balaban J connectivity index is 0. The molecule has 0 atom stereocenters. The van der Waals surface area contributed by atoms with Crippen LogP contribution < -0.4 is 0 Å². The van der Waals surface area contributed by atoms with Crippen molar-refractivity contribution in [2.75, 3.05) is 0 Å². The molecule has 0 aromatic heterocycles. The van der Waals surface area contributed by atoms with E-state index in [1.165, 1.54) is 0 Å². The summed E-state index contributed by atoms with van der Waals surface area (Å²) in [5.74, 6) is 0. The Bertz CT molecular complexity index is 4.85. The molecule has 0 unspecified atom stereocenters. The first-order chi connectivity index (χ1) is 0. The smallest absolute Gasteiger partial charge is 0 e. The van der Waals surface area contributed by atoms with Crippen molar-refractivity contribution in [1.82, 2.24) is 0 Å². The molecule has 0 rings (SSSR count). The zero-order valence-corrected chi connectivity index (χ0v) is 9.35. The summed E-state index contributed by atoms with van der Waals surface area (Å²) in [6.45, 7) is 0. The molecule has 0 amide bonds. The van der Waals surface area contributed by atoms with Crippen LogP contribution in [0.1, 0.15) is 0 Å². The molecule has 0 fully saturated rings. The average Bonchev–Trinajstić information content (AvgIpc) is 0.